The van der Waals surface area contributed by atoms with E-state index in [1.807, 2.05) is 0 Å². The van der Waals surface area contributed by atoms with Crippen molar-refractivity contribution in [2.24, 2.45) is 17.8 Å². The topological polar surface area (TPSA) is 26.3 Å². The Kier molecular flexibility index (Phi) is 5.47. The number of fused-ring (bicyclic) bond motifs is 1. The van der Waals surface area contributed by atoms with Crippen molar-refractivity contribution in [2.45, 2.75) is 51.4 Å². The van der Waals surface area contributed by atoms with Gasteiger partial charge in [0.05, 0.1) is 5.56 Å². The predicted molar refractivity (Wildman–Crippen MR) is 104 cm³/mol. The molecule has 2 nitrogen and oxygen atoms in total. The van der Waals surface area contributed by atoms with E-state index in [9.17, 15) is 13.6 Å². The van der Waals surface area contributed by atoms with Crippen LogP contribution in [0.1, 0.15) is 67.3 Å². The molecule has 4 heteroatoms. The van der Waals surface area contributed by atoms with Crippen molar-refractivity contribution in [2.75, 3.05) is 0 Å². The smallest absolute Gasteiger partial charge is 0.343 e. The summed E-state index contributed by atoms with van der Waals surface area (Å²) in [6.45, 7) is 2.34. The third-order valence-electron chi connectivity index (χ3n) is 6.58. The van der Waals surface area contributed by atoms with E-state index in [0.717, 1.165) is 30.2 Å². The molecule has 0 aromatic heterocycles. The zero-order valence-electron chi connectivity index (χ0n) is 16.2. The van der Waals surface area contributed by atoms with Crippen LogP contribution in [0.25, 0.3) is 0 Å². The number of ether oxygens (including phenoxy) is 1. The normalized spacial score (nSPS) is 27.1. The first-order chi connectivity index (χ1) is 13.5. The lowest BCUT2D eigenvalue weighted by atomic mass is 9.64. The lowest BCUT2D eigenvalue weighted by molar-refractivity contribution is 0.0734. The van der Waals surface area contributed by atoms with Crippen molar-refractivity contribution in [3.8, 4) is 5.75 Å². The Morgan fingerprint density at radius 3 is 2.39 bits per heavy atom. The Bertz CT molecular complexity index is 846. The van der Waals surface area contributed by atoms with Gasteiger partial charge in [0, 0.05) is 0 Å². The van der Waals surface area contributed by atoms with Gasteiger partial charge in [0.1, 0.15) is 17.4 Å². The molecule has 2 aromatic rings. The summed E-state index contributed by atoms with van der Waals surface area (Å²) in [7, 11) is 0. The zero-order valence-corrected chi connectivity index (χ0v) is 16.2. The molecule has 0 aliphatic heterocycles. The Morgan fingerprint density at radius 1 is 0.929 bits per heavy atom. The van der Waals surface area contributed by atoms with E-state index in [1.165, 1.54) is 56.0 Å². The number of hydrogen-bond donors (Lipinski definition) is 0. The molecule has 4 atom stereocenters. The molecule has 2 aromatic carbocycles. The summed E-state index contributed by atoms with van der Waals surface area (Å²) in [5.74, 6) is 1.42. The van der Waals surface area contributed by atoms with Gasteiger partial charge in [-0.15, -0.1) is 0 Å². The molecule has 0 radical (unpaired) electrons. The lowest BCUT2D eigenvalue weighted by Gasteiger charge is -2.41. The molecule has 148 valence electrons. The van der Waals surface area contributed by atoms with Crippen LogP contribution in [0.4, 0.5) is 8.78 Å². The fourth-order valence-electron chi connectivity index (χ4n) is 5.06. The fraction of sp³-hybridized carbons (Fsp3) is 0.458. The van der Waals surface area contributed by atoms with Crippen molar-refractivity contribution < 1.29 is 18.3 Å². The van der Waals surface area contributed by atoms with E-state index in [1.54, 1.807) is 12.1 Å². The molecule has 0 amide bonds. The standard InChI is InChI=1S/C24H26F2O2/c1-15-2-3-17-13-18(5-4-16(17)12-15)22-11-6-19(14-23(22)26)24(27)28-21-9-7-20(25)8-10-21/h6-11,14-18H,2-5,12-13H2,1H3. The van der Waals surface area contributed by atoms with Crippen molar-refractivity contribution in [3.05, 3.63) is 65.2 Å². The molecule has 0 spiro atoms. The third-order valence-corrected chi connectivity index (χ3v) is 6.58. The largest absolute Gasteiger partial charge is 0.423 e. The lowest BCUT2D eigenvalue weighted by Crippen LogP contribution is -2.30. The van der Waals surface area contributed by atoms with Gasteiger partial charge in [-0.3, -0.25) is 0 Å². The molecule has 4 unspecified atom stereocenters. The van der Waals surface area contributed by atoms with E-state index in [-0.39, 0.29) is 23.0 Å². The Labute approximate surface area is 164 Å². The van der Waals surface area contributed by atoms with Crippen LogP contribution in [-0.4, -0.2) is 5.97 Å². The minimum atomic E-state index is -0.637. The molecule has 2 fully saturated rings. The van der Waals surface area contributed by atoms with Crippen LogP contribution in [0, 0.1) is 29.4 Å². The molecular weight excluding hydrogens is 358 g/mol. The maximum atomic E-state index is 14.8. The van der Waals surface area contributed by atoms with Gasteiger partial charge in [0.25, 0.3) is 0 Å². The quantitative estimate of drug-likeness (QED) is 0.446. The van der Waals surface area contributed by atoms with E-state index in [4.69, 9.17) is 4.74 Å². The minimum Gasteiger partial charge on any atom is -0.423 e. The molecule has 2 aliphatic rings. The van der Waals surface area contributed by atoms with Crippen molar-refractivity contribution in [1.29, 1.82) is 0 Å². The van der Waals surface area contributed by atoms with Gasteiger partial charge in [-0.1, -0.05) is 19.4 Å². The Hall–Kier alpha value is -2.23. The fourth-order valence-corrected chi connectivity index (χ4v) is 5.06. The number of esters is 1. The maximum Gasteiger partial charge on any atom is 0.343 e. The molecule has 28 heavy (non-hydrogen) atoms. The first-order valence-electron chi connectivity index (χ1n) is 10.3. The Balaban J connectivity index is 1.44. The monoisotopic (exact) mass is 384 g/mol. The average Bonchev–Trinajstić information content (AvgIpc) is 2.69. The van der Waals surface area contributed by atoms with Gasteiger partial charge >= 0.3 is 5.97 Å². The van der Waals surface area contributed by atoms with Crippen molar-refractivity contribution in [3.63, 3.8) is 0 Å². The number of halogens is 2. The van der Waals surface area contributed by atoms with Gasteiger partial charge < -0.3 is 4.74 Å². The number of carbonyl (C=O) groups is 1. The van der Waals surface area contributed by atoms with Crippen LogP contribution in [0.5, 0.6) is 5.75 Å². The highest BCUT2D eigenvalue weighted by Gasteiger charge is 2.35. The minimum absolute atomic E-state index is 0.172. The molecule has 0 bridgehead atoms. The summed E-state index contributed by atoms with van der Waals surface area (Å²) in [5, 5.41) is 0. The van der Waals surface area contributed by atoms with Gasteiger partial charge in [0.2, 0.25) is 0 Å². The van der Waals surface area contributed by atoms with Crippen LogP contribution in [0.15, 0.2) is 42.5 Å². The van der Waals surface area contributed by atoms with Crippen LogP contribution in [0.2, 0.25) is 0 Å². The van der Waals surface area contributed by atoms with Crippen molar-refractivity contribution in [1.82, 2.24) is 0 Å². The van der Waals surface area contributed by atoms with E-state index in [0.29, 0.717) is 5.92 Å². The van der Waals surface area contributed by atoms with E-state index in [2.05, 4.69) is 6.92 Å². The molecule has 2 saturated carbocycles. The molecule has 2 aliphatic carbocycles. The summed E-state index contributed by atoms with van der Waals surface area (Å²) >= 11 is 0. The molecular formula is C24H26F2O2. The summed E-state index contributed by atoms with van der Waals surface area (Å²) in [4.78, 5) is 12.3. The van der Waals surface area contributed by atoms with Gasteiger partial charge in [-0.05, 0) is 97.7 Å². The maximum absolute atomic E-state index is 14.8. The van der Waals surface area contributed by atoms with Gasteiger partial charge in [-0.2, -0.15) is 0 Å². The van der Waals surface area contributed by atoms with Crippen molar-refractivity contribution >= 4 is 5.97 Å². The highest BCUT2D eigenvalue weighted by atomic mass is 19.1. The number of carbonyl (C=O) groups excluding carboxylic acids is 1. The highest BCUT2D eigenvalue weighted by molar-refractivity contribution is 5.91. The number of rotatable bonds is 3. The third kappa shape index (κ3) is 4.11. The van der Waals surface area contributed by atoms with E-state index < -0.39 is 11.8 Å². The van der Waals surface area contributed by atoms with Gasteiger partial charge in [0.15, 0.2) is 0 Å². The Morgan fingerprint density at radius 2 is 1.64 bits per heavy atom. The van der Waals surface area contributed by atoms with Crippen LogP contribution >= 0.6 is 0 Å². The van der Waals surface area contributed by atoms with Crippen LogP contribution in [0.3, 0.4) is 0 Å². The molecule has 4 rings (SSSR count). The molecule has 0 heterocycles. The zero-order chi connectivity index (χ0) is 19.7. The first kappa shape index (κ1) is 19.1. The second-order valence-corrected chi connectivity index (χ2v) is 8.53. The average molecular weight is 384 g/mol. The first-order valence-corrected chi connectivity index (χ1v) is 10.3. The molecule has 0 N–H and O–H groups in total. The summed E-state index contributed by atoms with van der Waals surface area (Å²) in [6.07, 6.45) is 7.09. The van der Waals surface area contributed by atoms with E-state index >= 15 is 0 Å². The number of benzene rings is 2. The second kappa shape index (κ2) is 8.02. The summed E-state index contributed by atoms with van der Waals surface area (Å²) in [6, 6.07) is 9.84. The van der Waals surface area contributed by atoms with Crippen LogP contribution in [-0.2, 0) is 0 Å². The predicted octanol–water partition coefficient (Wildman–Crippen LogP) is 6.50. The van der Waals surface area contributed by atoms with Crippen LogP contribution < -0.4 is 4.74 Å². The highest BCUT2D eigenvalue weighted by Crippen LogP contribution is 2.47. The SMILES string of the molecule is CC1CCC2CC(c3ccc(C(=O)Oc4ccc(F)cc4)cc3F)CCC2C1. The summed E-state index contributed by atoms with van der Waals surface area (Å²) < 4.78 is 33.0. The van der Waals surface area contributed by atoms with Gasteiger partial charge in [-0.25, -0.2) is 13.6 Å². The summed E-state index contributed by atoms with van der Waals surface area (Å²) in [5.41, 5.74) is 0.890. The number of hydrogen-bond acceptors (Lipinski definition) is 2. The second-order valence-electron chi connectivity index (χ2n) is 8.53. The molecule has 0 saturated heterocycles.